The van der Waals surface area contributed by atoms with E-state index in [1.807, 2.05) is 24.3 Å². The molecule has 0 aliphatic heterocycles. The molecule has 36 heavy (non-hydrogen) atoms. The first kappa shape index (κ1) is 24.7. The fourth-order valence-electron chi connectivity index (χ4n) is 3.41. The van der Waals surface area contributed by atoms with Gasteiger partial charge in [-0.3, -0.25) is 9.48 Å². The summed E-state index contributed by atoms with van der Waals surface area (Å²) in [6.07, 6.45) is 7.25. The van der Waals surface area contributed by atoms with E-state index in [1.54, 1.807) is 6.20 Å². The summed E-state index contributed by atoms with van der Waals surface area (Å²) in [5, 5.41) is 13.7. The fraction of sp³-hybridized carbons (Fsp3) is 0.200. The normalized spacial score (nSPS) is 10.8. The van der Waals surface area contributed by atoms with Crippen molar-refractivity contribution in [3.8, 4) is 5.75 Å². The molecule has 2 aromatic heterocycles. The molecule has 0 saturated heterocycles. The number of ether oxygens (including phenoxy) is 1. The van der Waals surface area contributed by atoms with Crippen molar-refractivity contribution in [3.05, 3.63) is 79.4 Å². The average Bonchev–Trinajstić information content (AvgIpc) is 3.30. The molecule has 0 bridgehead atoms. The Morgan fingerprint density at radius 3 is 2.94 bits per heavy atom. The molecule has 11 heteroatoms. The highest BCUT2D eigenvalue weighted by Crippen LogP contribution is 2.26. The Morgan fingerprint density at radius 2 is 2.08 bits per heavy atom. The summed E-state index contributed by atoms with van der Waals surface area (Å²) in [5.41, 5.74) is 1.07. The van der Waals surface area contributed by atoms with E-state index in [-0.39, 0.29) is 12.2 Å². The average molecular weight is 494 g/mol. The van der Waals surface area contributed by atoms with Crippen LogP contribution in [0.4, 0.5) is 26.0 Å². The van der Waals surface area contributed by atoms with Gasteiger partial charge in [-0.05, 0) is 37.2 Å². The first-order chi connectivity index (χ1) is 17.5. The van der Waals surface area contributed by atoms with Crippen molar-refractivity contribution in [2.75, 3.05) is 30.3 Å². The van der Waals surface area contributed by atoms with Gasteiger partial charge < -0.3 is 20.7 Å². The number of halogens is 2. The molecule has 0 fully saturated rings. The number of carbonyl (C=O) groups excluding carboxylic acids is 1. The highest BCUT2D eigenvalue weighted by molar-refractivity contribution is 5.92. The van der Waals surface area contributed by atoms with E-state index in [1.165, 1.54) is 29.3 Å². The van der Waals surface area contributed by atoms with Crippen molar-refractivity contribution >= 4 is 34.0 Å². The minimum absolute atomic E-state index is 0.189. The van der Waals surface area contributed by atoms with Crippen LogP contribution in [0.5, 0.6) is 5.75 Å². The number of rotatable bonds is 12. The first-order valence-corrected chi connectivity index (χ1v) is 11.3. The highest BCUT2D eigenvalue weighted by Gasteiger charge is 2.12. The molecule has 0 saturated carbocycles. The Kier molecular flexibility index (Phi) is 8.14. The number of fused-ring (bicyclic) bond motifs is 1. The summed E-state index contributed by atoms with van der Waals surface area (Å²) >= 11 is 0. The van der Waals surface area contributed by atoms with Gasteiger partial charge in [0, 0.05) is 24.2 Å². The van der Waals surface area contributed by atoms with E-state index >= 15 is 0 Å². The summed E-state index contributed by atoms with van der Waals surface area (Å²) in [5.74, 6) is -1.43. The molecule has 0 unspecified atom stereocenters. The van der Waals surface area contributed by atoms with Crippen LogP contribution < -0.4 is 20.7 Å². The van der Waals surface area contributed by atoms with Crippen LogP contribution in [-0.4, -0.2) is 45.4 Å². The number of amides is 1. The lowest BCUT2D eigenvalue weighted by Gasteiger charge is -2.09. The Bertz CT molecular complexity index is 1360. The predicted octanol–water partition coefficient (Wildman–Crippen LogP) is 4.03. The third-order valence-electron chi connectivity index (χ3n) is 5.09. The van der Waals surface area contributed by atoms with Crippen LogP contribution in [0.25, 0.3) is 10.9 Å². The summed E-state index contributed by atoms with van der Waals surface area (Å²) in [6.45, 7) is 5.66. The van der Waals surface area contributed by atoms with Crippen molar-refractivity contribution in [1.82, 2.24) is 25.1 Å². The molecule has 0 aliphatic carbocycles. The van der Waals surface area contributed by atoms with Crippen LogP contribution in [0, 0.1) is 11.6 Å². The van der Waals surface area contributed by atoms with Gasteiger partial charge in [-0.2, -0.15) is 5.10 Å². The van der Waals surface area contributed by atoms with Gasteiger partial charge in [0.15, 0.2) is 11.6 Å². The quantitative estimate of drug-likeness (QED) is 0.202. The molecule has 0 spiro atoms. The van der Waals surface area contributed by atoms with Gasteiger partial charge in [0.05, 0.1) is 29.7 Å². The molecule has 0 radical (unpaired) electrons. The van der Waals surface area contributed by atoms with Crippen molar-refractivity contribution in [2.24, 2.45) is 0 Å². The zero-order valence-electron chi connectivity index (χ0n) is 19.4. The molecule has 4 rings (SSSR count). The van der Waals surface area contributed by atoms with Crippen molar-refractivity contribution in [3.63, 3.8) is 0 Å². The Hall–Kier alpha value is -4.38. The molecule has 186 valence electrons. The predicted molar refractivity (Wildman–Crippen MR) is 133 cm³/mol. The summed E-state index contributed by atoms with van der Waals surface area (Å²) in [4.78, 5) is 20.9. The van der Waals surface area contributed by atoms with Crippen molar-refractivity contribution < 1.29 is 18.3 Å². The standard InChI is InChI=1S/C25H25F2N7O2/c1-2-9-28-10-4-11-36-18-7-8-19-22(12-18)29-16-30-25(19)32-17-13-31-34(14-17)15-23(35)33-21-6-3-5-20(26)24(21)27/h2-3,5-8,12-14,16,28H,1,4,9-11,15H2,(H,33,35)(H,29,30,32). The lowest BCUT2D eigenvalue weighted by Crippen LogP contribution is -2.19. The molecule has 0 atom stereocenters. The topological polar surface area (TPSA) is 106 Å². The minimum atomic E-state index is -1.11. The van der Waals surface area contributed by atoms with E-state index in [9.17, 15) is 13.6 Å². The van der Waals surface area contributed by atoms with E-state index in [0.29, 0.717) is 29.4 Å². The maximum absolute atomic E-state index is 13.8. The van der Waals surface area contributed by atoms with Crippen LogP contribution in [0.2, 0.25) is 0 Å². The number of benzene rings is 2. The van der Waals surface area contributed by atoms with Gasteiger partial charge in [-0.15, -0.1) is 6.58 Å². The molecule has 0 aliphatic rings. The lowest BCUT2D eigenvalue weighted by atomic mass is 10.2. The number of hydrogen-bond acceptors (Lipinski definition) is 7. The molecule has 1 amide bonds. The van der Waals surface area contributed by atoms with Crippen LogP contribution in [0.1, 0.15) is 6.42 Å². The smallest absolute Gasteiger partial charge is 0.246 e. The van der Waals surface area contributed by atoms with E-state index in [2.05, 4.69) is 37.6 Å². The number of anilines is 3. The van der Waals surface area contributed by atoms with Crippen LogP contribution >= 0.6 is 0 Å². The first-order valence-electron chi connectivity index (χ1n) is 11.3. The second-order valence-corrected chi connectivity index (χ2v) is 7.80. The molecule has 4 aromatic rings. The fourth-order valence-corrected chi connectivity index (χ4v) is 3.41. The van der Waals surface area contributed by atoms with Crippen molar-refractivity contribution in [1.29, 1.82) is 0 Å². The maximum Gasteiger partial charge on any atom is 0.246 e. The molecular weight excluding hydrogens is 468 g/mol. The number of nitrogens with one attached hydrogen (secondary N) is 3. The third kappa shape index (κ3) is 6.39. The van der Waals surface area contributed by atoms with Gasteiger partial charge in [0.1, 0.15) is 24.4 Å². The summed E-state index contributed by atoms with van der Waals surface area (Å²) in [7, 11) is 0. The number of aromatic nitrogens is 4. The SMILES string of the molecule is C=CCNCCCOc1ccc2c(Nc3cnn(CC(=O)Nc4cccc(F)c4F)c3)ncnc2c1. The second-order valence-electron chi connectivity index (χ2n) is 7.80. The highest BCUT2D eigenvalue weighted by atomic mass is 19.2. The van der Waals surface area contributed by atoms with E-state index in [4.69, 9.17) is 4.74 Å². The summed E-state index contributed by atoms with van der Waals surface area (Å²) in [6, 6.07) is 9.14. The van der Waals surface area contributed by atoms with Crippen molar-refractivity contribution in [2.45, 2.75) is 13.0 Å². The zero-order valence-corrected chi connectivity index (χ0v) is 19.4. The number of hydrogen-bond donors (Lipinski definition) is 3. The molecule has 2 aromatic carbocycles. The summed E-state index contributed by atoms with van der Waals surface area (Å²) < 4.78 is 34.3. The van der Waals surface area contributed by atoms with E-state index in [0.717, 1.165) is 31.0 Å². The van der Waals surface area contributed by atoms with Crippen LogP contribution in [0.15, 0.2) is 67.8 Å². The monoisotopic (exact) mass is 493 g/mol. The maximum atomic E-state index is 13.8. The van der Waals surface area contributed by atoms with Crippen LogP contribution in [-0.2, 0) is 11.3 Å². The van der Waals surface area contributed by atoms with Gasteiger partial charge in [0.25, 0.3) is 0 Å². The molecular formula is C25H25F2N7O2. The molecule has 9 nitrogen and oxygen atoms in total. The third-order valence-corrected chi connectivity index (χ3v) is 5.09. The lowest BCUT2D eigenvalue weighted by molar-refractivity contribution is -0.116. The molecule has 3 N–H and O–H groups in total. The van der Waals surface area contributed by atoms with Gasteiger partial charge >= 0.3 is 0 Å². The molecule has 2 heterocycles. The minimum Gasteiger partial charge on any atom is -0.493 e. The second kappa shape index (κ2) is 11.8. The van der Waals surface area contributed by atoms with Gasteiger partial charge in [0.2, 0.25) is 5.91 Å². The Labute approximate surface area is 206 Å². The van der Waals surface area contributed by atoms with Crippen LogP contribution in [0.3, 0.4) is 0 Å². The Balaban J connectivity index is 1.36. The zero-order chi connectivity index (χ0) is 25.3. The van der Waals surface area contributed by atoms with Gasteiger partial charge in [-0.1, -0.05) is 12.1 Å². The Morgan fingerprint density at radius 1 is 1.19 bits per heavy atom. The number of carbonyl (C=O) groups is 1. The number of nitrogens with zero attached hydrogens (tertiary/aromatic N) is 4. The largest absolute Gasteiger partial charge is 0.493 e. The van der Waals surface area contributed by atoms with E-state index < -0.39 is 17.5 Å². The van der Waals surface area contributed by atoms with Gasteiger partial charge in [-0.25, -0.2) is 18.7 Å².